The molecule has 1 aliphatic heterocycles. The van der Waals surface area contributed by atoms with Crippen LogP contribution in [0.5, 0.6) is 0 Å². The normalized spacial score (nSPS) is 22.6. The van der Waals surface area contributed by atoms with Crippen LogP contribution in [0.1, 0.15) is 25.7 Å². The van der Waals surface area contributed by atoms with Gasteiger partial charge in [-0.1, -0.05) is 6.42 Å². The second-order valence-electron chi connectivity index (χ2n) is 3.98. The van der Waals surface area contributed by atoms with E-state index in [4.69, 9.17) is 5.11 Å². The largest absolute Gasteiger partial charge is 0.481 e. The topological polar surface area (TPSA) is 95.5 Å². The first-order chi connectivity index (χ1) is 7.49. The van der Waals surface area contributed by atoms with Crippen molar-refractivity contribution in [2.75, 3.05) is 18.8 Å². The molecule has 0 aromatic carbocycles. The molecule has 1 unspecified atom stereocenters. The maximum Gasteiger partial charge on any atom is 0.304 e. The quantitative estimate of drug-likeness (QED) is 0.612. The van der Waals surface area contributed by atoms with Crippen LogP contribution in [0, 0.1) is 0 Å². The molecule has 0 amide bonds. The minimum absolute atomic E-state index is 0.110. The molecule has 7 heteroatoms. The second kappa shape index (κ2) is 6.17. The molecule has 1 rings (SSSR count). The van der Waals surface area contributed by atoms with Gasteiger partial charge >= 0.3 is 5.97 Å². The van der Waals surface area contributed by atoms with Crippen molar-refractivity contribution < 1.29 is 18.3 Å². The number of hydrogen-bond acceptors (Lipinski definition) is 4. The van der Waals surface area contributed by atoms with Crippen LogP contribution < -0.4 is 10.0 Å². The van der Waals surface area contributed by atoms with Gasteiger partial charge < -0.3 is 10.4 Å². The molecule has 6 nitrogen and oxygen atoms in total. The van der Waals surface area contributed by atoms with Gasteiger partial charge in [0.25, 0.3) is 0 Å². The van der Waals surface area contributed by atoms with E-state index in [1.807, 2.05) is 0 Å². The Morgan fingerprint density at radius 2 is 2.19 bits per heavy atom. The molecule has 0 aliphatic carbocycles. The van der Waals surface area contributed by atoms with Crippen molar-refractivity contribution >= 4 is 16.0 Å². The number of hydrogen-bond donors (Lipinski definition) is 3. The smallest absolute Gasteiger partial charge is 0.304 e. The summed E-state index contributed by atoms with van der Waals surface area (Å²) in [6, 6.07) is -0.110. The Bertz CT molecular complexity index is 320. The van der Waals surface area contributed by atoms with Gasteiger partial charge in [-0.15, -0.1) is 0 Å². The summed E-state index contributed by atoms with van der Waals surface area (Å²) < 4.78 is 25.6. The van der Waals surface area contributed by atoms with E-state index in [2.05, 4.69) is 10.0 Å². The SMILES string of the molecule is O=C(O)CCS(=O)(=O)NC1CCCCNC1. The van der Waals surface area contributed by atoms with E-state index in [-0.39, 0.29) is 18.2 Å². The summed E-state index contributed by atoms with van der Waals surface area (Å²) in [5, 5.41) is 11.6. The molecule has 94 valence electrons. The highest BCUT2D eigenvalue weighted by molar-refractivity contribution is 7.89. The Balaban J connectivity index is 2.41. The van der Waals surface area contributed by atoms with E-state index in [0.29, 0.717) is 6.54 Å². The zero-order valence-corrected chi connectivity index (χ0v) is 9.92. The van der Waals surface area contributed by atoms with Crippen LogP contribution in [-0.4, -0.2) is 44.4 Å². The maximum absolute atomic E-state index is 11.5. The molecular weight excluding hydrogens is 232 g/mol. The van der Waals surface area contributed by atoms with Gasteiger partial charge in [-0.3, -0.25) is 4.79 Å². The highest BCUT2D eigenvalue weighted by Crippen LogP contribution is 2.05. The summed E-state index contributed by atoms with van der Waals surface area (Å²) in [5.74, 6) is -1.44. The fraction of sp³-hybridized carbons (Fsp3) is 0.889. The van der Waals surface area contributed by atoms with Crippen LogP contribution in [0.2, 0.25) is 0 Å². The standard InChI is InChI=1S/C9H18N2O4S/c12-9(13)4-6-16(14,15)11-8-3-1-2-5-10-7-8/h8,10-11H,1-7H2,(H,12,13). The van der Waals surface area contributed by atoms with Crippen LogP contribution in [0.25, 0.3) is 0 Å². The number of carboxylic acid groups (broad SMARTS) is 1. The van der Waals surface area contributed by atoms with Gasteiger partial charge in [-0.05, 0) is 19.4 Å². The van der Waals surface area contributed by atoms with Crippen molar-refractivity contribution in [3.63, 3.8) is 0 Å². The van der Waals surface area contributed by atoms with Gasteiger partial charge in [0, 0.05) is 12.6 Å². The molecule has 0 aromatic rings. The first-order valence-corrected chi connectivity index (χ1v) is 7.07. The molecule has 1 atom stereocenters. The van der Waals surface area contributed by atoms with Crippen molar-refractivity contribution in [1.29, 1.82) is 0 Å². The van der Waals surface area contributed by atoms with Gasteiger partial charge in [0.05, 0.1) is 12.2 Å². The van der Waals surface area contributed by atoms with Crippen molar-refractivity contribution in [3.8, 4) is 0 Å². The molecular formula is C9H18N2O4S. The highest BCUT2D eigenvalue weighted by Gasteiger charge is 2.19. The first-order valence-electron chi connectivity index (χ1n) is 5.42. The third kappa shape index (κ3) is 5.43. The lowest BCUT2D eigenvalue weighted by Gasteiger charge is -2.15. The zero-order valence-electron chi connectivity index (χ0n) is 9.11. The molecule has 0 aromatic heterocycles. The van der Waals surface area contributed by atoms with Crippen LogP contribution in [0.4, 0.5) is 0 Å². The van der Waals surface area contributed by atoms with E-state index in [9.17, 15) is 13.2 Å². The van der Waals surface area contributed by atoms with Gasteiger partial charge in [0.15, 0.2) is 0 Å². The van der Waals surface area contributed by atoms with Crippen molar-refractivity contribution in [3.05, 3.63) is 0 Å². The number of aliphatic carboxylic acids is 1. The molecule has 1 saturated heterocycles. The molecule has 3 N–H and O–H groups in total. The van der Waals surface area contributed by atoms with Crippen LogP contribution in [-0.2, 0) is 14.8 Å². The number of rotatable bonds is 5. The van der Waals surface area contributed by atoms with Crippen LogP contribution >= 0.6 is 0 Å². The minimum Gasteiger partial charge on any atom is -0.481 e. The lowest BCUT2D eigenvalue weighted by atomic mass is 10.2. The predicted molar refractivity (Wildman–Crippen MR) is 59.7 cm³/mol. The molecule has 0 bridgehead atoms. The predicted octanol–water partition coefficient (Wildman–Crippen LogP) is -0.477. The fourth-order valence-electron chi connectivity index (χ4n) is 1.65. The van der Waals surface area contributed by atoms with Gasteiger partial charge in [0.2, 0.25) is 10.0 Å². The summed E-state index contributed by atoms with van der Waals surface area (Å²) >= 11 is 0. The third-order valence-electron chi connectivity index (χ3n) is 2.48. The molecule has 1 aliphatic rings. The summed E-state index contributed by atoms with van der Waals surface area (Å²) in [6.45, 7) is 1.53. The van der Waals surface area contributed by atoms with E-state index < -0.39 is 16.0 Å². The lowest BCUT2D eigenvalue weighted by molar-refractivity contribution is -0.136. The Kier molecular flexibility index (Phi) is 5.17. The first kappa shape index (κ1) is 13.4. The maximum atomic E-state index is 11.5. The summed E-state index contributed by atoms with van der Waals surface area (Å²) in [5.41, 5.74) is 0. The summed E-state index contributed by atoms with van der Waals surface area (Å²) in [7, 11) is -3.46. The van der Waals surface area contributed by atoms with Crippen molar-refractivity contribution in [2.24, 2.45) is 0 Å². The zero-order chi connectivity index (χ0) is 12.0. The highest BCUT2D eigenvalue weighted by atomic mass is 32.2. The van der Waals surface area contributed by atoms with Crippen LogP contribution in [0.15, 0.2) is 0 Å². The van der Waals surface area contributed by atoms with Gasteiger partial charge in [-0.25, -0.2) is 13.1 Å². The van der Waals surface area contributed by atoms with Gasteiger partial charge in [0.1, 0.15) is 0 Å². The molecule has 16 heavy (non-hydrogen) atoms. The lowest BCUT2D eigenvalue weighted by Crippen LogP contribution is -2.42. The molecule has 1 heterocycles. The van der Waals surface area contributed by atoms with E-state index in [1.54, 1.807) is 0 Å². The number of carboxylic acids is 1. The minimum atomic E-state index is -3.46. The Morgan fingerprint density at radius 1 is 1.44 bits per heavy atom. The monoisotopic (exact) mass is 250 g/mol. The second-order valence-corrected chi connectivity index (χ2v) is 5.85. The Labute approximate surface area is 95.5 Å². The average molecular weight is 250 g/mol. The average Bonchev–Trinajstić information content (AvgIpc) is 2.43. The Morgan fingerprint density at radius 3 is 2.88 bits per heavy atom. The fourth-order valence-corrected chi connectivity index (χ4v) is 2.92. The molecule has 1 fully saturated rings. The Hall–Kier alpha value is -0.660. The summed E-state index contributed by atoms with van der Waals surface area (Å²) in [4.78, 5) is 10.3. The van der Waals surface area contributed by atoms with E-state index in [1.165, 1.54) is 0 Å². The summed E-state index contributed by atoms with van der Waals surface area (Å²) in [6.07, 6.45) is 2.49. The van der Waals surface area contributed by atoms with Gasteiger partial charge in [-0.2, -0.15) is 0 Å². The third-order valence-corrected chi connectivity index (χ3v) is 3.91. The molecule has 0 saturated carbocycles. The van der Waals surface area contributed by atoms with E-state index in [0.717, 1.165) is 25.8 Å². The number of sulfonamides is 1. The van der Waals surface area contributed by atoms with Crippen LogP contribution in [0.3, 0.4) is 0 Å². The number of nitrogens with one attached hydrogen (secondary N) is 2. The molecule has 0 radical (unpaired) electrons. The molecule has 0 spiro atoms. The van der Waals surface area contributed by atoms with Crippen molar-refractivity contribution in [1.82, 2.24) is 10.0 Å². The van der Waals surface area contributed by atoms with Crippen molar-refractivity contribution in [2.45, 2.75) is 31.7 Å². The number of carbonyl (C=O) groups is 1. The van der Waals surface area contributed by atoms with E-state index >= 15 is 0 Å².